The highest BCUT2D eigenvalue weighted by molar-refractivity contribution is 5.94. The predicted octanol–water partition coefficient (Wildman–Crippen LogP) is 0.126. The van der Waals surface area contributed by atoms with Gasteiger partial charge in [0.2, 0.25) is 0 Å². The summed E-state index contributed by atoms with van der Waals surface area (Å²) in [4.78, 5) is 11.8. The van der Waals surface area contributed by atoms with Crippen molar-refractivity contribution in [3.8, 4) is 0 Å². The van der Waals surface area contributed by atoms with E-state index < -0.39 is 0 Å². The smallest absolute Gasteiger partial charge is 0.268 e. The van der Waals surface area contributed by atoms with Crippen molar-refractivity contribution in [2.75, 3.05) is 18.9 Å². The highest BCUT2D eigenvalue weighted by Gasteiger charge is 2.19. The van der Waals surface area contributed by atoms with Crippen LogP contribution in [0.4, 0.5) is 5.69 Å². The van der Waals surface area contributed by atoms with E-state index in [0.717, 1.165) is 13.0 Å². The Hall–Kier alpha value is -1.49. The standard InChI is InChI=1S/C10H15N3O2/c1-13-5-7(11)4-9(13)10(14)12-8-2-3-15-6-8/h4-5,8H,2-3,6,11H2,1H3,(H,12,14). The number of aryl methyl sites for hydroxylation is 1. The lowest BCUT2D eigenvalue weighted by molar-refractivity contribution is 0.0922. The van der Waals surface area contributed by atoms with Crippen molar-refractivity contribution in [3.05, 3.63) is 18.0 Å². The Labute approximate surface area is 88.2 Å². The van der Waals surface area contributed by atoms with Crippen LogP contribution < -0.4 is 11.1 Å². The van der Waals surface area contributed by atoms with Crippen molar-refractivity contribution in [3.63, 3.8) is 0 Å². The van der Waals surface area contributed by atoms with Gasteiger partial charge >= 0.3 is 0 Å². The average Bonchev–Trinajstić information content (AvgIpc) is 2.75. The minimum atomic E-state index is -0.0929. The quantitative estimate of drug-likeness (QED) is 0.727. The number of anilines is 1. The molecule has 1 aromatic heterocycles. The molecule has 82 valence electrons. The molecule has 1 aliphatic heterocycles. The van der Waals surface area contributed by atoms with Crippen molar-refractivity contribution < 1.29 is 9.53 Å². The van der Waals surface area contributed by atoms with Gasteiger partial charge in [-0.25, -0.2) is 0 Å². The molecule has 2 rings (SSSR count). The lowest BCUT2D eigenvalue weighted by atomic mass is 10.2. The topological polar surface area (TPSA) is 69.3 Å². The third-order valence-electron chi connectivity index (χ3n) is 2.52. The molecule has 5 heteroatoms. The molecule has 15 heavy (non-hydrogen) atoms. The fraction of sp³-hybridized carbons (Fsp3) is 0.500. The largest absolute Gasteiger partial charge is 0.397 e. The van der Waals surface area contributed by atoms with Crippen LogP contribution in [0.25, 0.3) is 0 Å². The molecule has 1 atom stereocenters. The van der Waals surface area contributed by atoms with Crippen LogP contribution in [0.3, 0.4) is 0 Å². The van der Waals surface area contributed by atoms with Crippen molar-refractivity contribution in [1.29, 1.82) is 0 Å². The van der Waals surface area contributed by atoms with Gasteiger partial charge in [-0.05, 0) is 12.5 Å². The van der Waals surface area contributed by atoms with E-state index in [0.29, 0.717) is 18.0 Å². The van der Waals surface area contributed by atoms with E-state index in [1.165, 1.54) is 0 Å². The molecule has 1 unspecified atom stereocenters. The van der Waals surface area contributed by atoms with E-state index in [4.69, 9.17) is 10.5 Å². The molecule has 1 aromatic rings. The summed E-state index contributed by atoms with van der Waals surface area (Å²) in [5.41, 5.74) is 6.78. The van der Waals surface area contributed by atoms with Crippen molar-refractivity contribution in [2.45, 2.75) is 12.5 Å². The number of nitrogens with two attached hydrogens (primary N) is 1. The van der Waals surface area contributed by atoms with E-state index in [2.05, 4.69) is 5.32 Å². The second-order valence-electron chi connectivity index (χ2n) is 3.80. The molecule has 0 bridgehead atoms. The number of ether oxygens (including phenoxy) is 1. The minimum Gasteiger partial charge on any atom is -0.397 e. The first kappa shape index (κ1) is 10.0. The number of carbonyl (C=O) groups excluding carboxylic acids is 1. The maximum atomic E-state index is 11.8. The van der Waals surface area contributed by atoms with Crippen LogP contribution in [0, 0.1) is 0 Å². The molecule has 1 fully saturated rings. The first-order valence-corrected chi connectivity index (χ1v) is 4.97. The summed E-state index contributed by atoms with van der Waals surface area (Å²) < 4.78 is 6.91. The molecule has 5 nitrogen and oxygen atoms in total. The second-order valence-corrected chi connectivity index (χ2v) is 3.80. The second kappa shape index (κ2) is 3.94. The number of hydrogen-bond donors (Lipinski definition) is 2. The summed E-state index contributed by atoms with van der Waals surface area (Å²) in [6.07, 6.45) is 2.60. The van der Waals surface area contributed by atoms with Gasteiger partial charge in [0.15, 0.2) is 0 Å². The molecule has 1 saturated heterocycles. The van der Waals surface area contributed by atoms with Crippen molar-refractivity contribution >= 4 is 11.6 Å². The SMILES string of the molecule is Cn1cc(N)cc1C(=O)NC1CCOC1. The van der Waals surface area contributed by atoms with Gasteiger partial charge in [-0.2, -0.15) is 0 Å². The van der Waals surface area contributed by atoms with Crippen LogP contribution in [0.2, 0.25) is 0 Å². The molecule has 2 heterocycles. The summed E-state index contributed by atoms with van der Waals surface area (Å²) in [6, 6.07) is 1.80. The first-order chi connectivity index (χ1) is 7.16. The lowest BCUT2D eigenvalue weighted by Gasteiger charge is -2.10. The maximum Gasteiger partial charge on any atom is 0.268 e. The zero-order valence-corrected chi connectivity index (χ0v) is 8.69. The van der Waals surface area contributed by atoms with E-state index in [-0.39, 0.29) is 11.9 Å². The summed E-state index contributed by atoms with van der Waals surface area (Å²) in [6.45, 7) is 1.33. The van der Waals surface area contributed by atoms with Gasteiger partial charge in [-0.1, -0.05) is 0 Å². The number of nitrogens with zero attached hydrogens (tertiary/aromatic N) is 1. The van der Waals surface area contributed by atoms with Crippen LogP contribution in [0.1, 0.15) is 16.9 Å². The van der Waals surface area contributed by atoms with E-state index in [9.17, 15) is 4.79 Å². The summed E-state index contributed by atoms with van der Waals surface area (Å²) in [5.74, 6) is -0.0929. The first-order valence-electron chi connectivity index (χ1n) is 4.97. The molecule has 0 saturated carbocycles. The molecule has 1 amide bonds. The van der Waals surface area contributed by atoms with Gasteiger partial charge in [0.05, 0.1) is 18.3 Å². The Balaban J connectivity index is 2.03. The Morgan fingerprint density at radius 1 is 1.73 bits per heavy atom. The van der Waals surface area contributed by atoms with Gasteiger partial charge in [0, 0.05) is 19.9 Å². The van der Waals surface area contributed by atoms with E-state index in [1.807, 2.05) is 0 Å². The monoisotopic (exact) mass is 209 g/mol. The number of nitrogens with one attached hydrogen (secondary N) is 1. The Bertz CT molecular complexity index is 367. The normalized spacial score (nSPS) is 20.5. The van der Waals surface area contributed by atoms with Gasteiger partial charge in [-0.15, -0.1) is 0 Å². The Kier molecular flexibility index (Phi) is 2.64. The Morgan fingerprint density at radius 3 is 3.07 bits per heavy atom. The van der Waals surface area contributed by atoms with Crippen LogP contribution >= 0.6 is 0 Å². The van der Waals surface area contributed by atoms with Gasteiger partial charge in [-0.3, -0.25) is 4.79 Å². The zero-order valence-electron chi connectivity index (χ0n) is 8.69. The molecule has 0 spiro atoms. The third kappa shape index (κ3) is 2.12. The van der Waals surface area contributed by atoms with Gasteiger partial charge in [0.1, 0.15) is 5.69 Å². The molecule has 0 radical (unpaired) electrons. The highest BCUT2D eigenvalue weighted by atomic mass is 16.5. The number of rotatable bonds is 2. The molecule has 0 aliphatic carbocycles. The molecular weight excluding hydrogens is 194 g/mol. The van der Waals surface area contributed by atoms with Crippen molar-refractivity contribution in [2.24, 2.45) is 7.05 Å². The number of aromatic nitrogens is 1. The summed E-state index contributed by atoms with van der Waals surface area (Å²) in [5, 5.41) is 2.91. The average molecular weight is 209 g/mol. The van der Waals surface area contributed by atoms with Gasteiger partial charge < -0.3 is 20.4 Å². The summed E-state index contributed by atoms with van der Waals surface area (Å²) in [7, 11) is 1.80. The number of nitrogen functional groups attached to an aromatic ring is 1. The molecular formula is C10H15N3O2. The van der Waals surface area contributed by atoms with Crippen LogP contribution in [-0.2, 0) is 11.8 Å². The summed E-state index contributed by atoms with van der Waals surface area (Å²) >= 11 is 0. The minimum absolute atomic E-state index is 0.0929. The third-order valence-corrected chi connectivity index (χ3v) is 2.52. The molecule has 3 N–H and O–H groups in total. The Morgan fingerprint density at radius 2 is 2.53 bits per heavy atom. The molecule has 1 aliphatic rings. The van der Waals surface area contributed by atoms with E-state index >= 15 is 0 Å². The highest BCUT2D eigenvalue weighted by Crippen LogP contribution is 2.10. The zero-order chi connectivity index (χ0) is 10.8. The van der Waals surface area contributed by atoms with Crippen LogP contribution in [0.5, 0.6) is 0 Å². The fourth-order valence-corrected chi connectivity index (χ4v) is 1.72. The lowest BCUT2D eigenvalue weighted by Crippen LogP contribution is -2.35. The fourth-order valence-electron chi connectivity index (χ4n) is 1.72. The van der Waals surface area contributed by atoms with Crippen LogP contribution in [0.15, 0.2) is 12.3 Å². The number of carbonyl (C=O) groups is 1. The predicted molar refractivity (Wildman–Crippen MR) is 56.5 cm³/mol. The van der Waals surface area contributed by atoms with E-state index in [1.54, 1.807) is 23.9 Å². The molecule has 0 aromatic carbocycles. The van der Waals surface area contributed by atoms with Crippen LogP contribution in [-0.4, -0.2) is 29.7 Å². The van der Waals surface area contributed by atoms with Gasteiger partial charge in [0.25, 0.3) is 5.91 Å². The maximum absolute atomic E-state index is 11.8. The number of amides is 1. The number of hydrogen-bond acceptors (Lipinski definition) is 3. The van der Waals surface area contributed by atoms with Crippen molar-refractivity contribution in [1.82, 2.24) is 9.88 Å².